The van der Waals surface area contributed by atoms with Crippen LogP contribution in [0.1, 0.15) is 79.3 Å². The number of hydrogen-bond donors (Lipinski definition) is 2. The van der Waals surface area contributed by atoms with Crippen LogP contribution in [-0.4, -0.2) is 53.8 Å². The van der Waals surface area contributed by atoms with Gasteiger partial charge in [0.2, 0.25) is 6.17 Å². The summed E-state index contributed by atoms with van der Waals surface area (Å²) in [5.41, 5.74) is -3.31. The van der Waals surface area contributed by atoms with Crippen LogP contribution in [0.2, 0.25) is 0 Å². The molecule has 1 aromatic carbocycles. The molecule has 3 aliphatic rings. The van der Waals surface area contributed by atoms with E-state index in [2.05, 4.69) is 20.6 Å². The van der Waals surface area contributed by atoms with Crippen molar-refractivity contribution in [2.75, 3.05) is 25.1 Å². The van der Waals surface area contributed by atoms with Crippen LogP contribution in [0.4, 0.5) is 32.2 Å². The molecule has 0 spiro atoms. The van der Waals surface area contributed by atoms with E-state index in [9.17, 15) is 13.6 Å². The molecule has 3 atom stereocenters. The predicted molar refractivity (Wildman–Crippen MR) is 133 cm³/mol. The molecular formula is C27H30F6N4O4. The van der Waals surface area contributed by atoms with E-state index in [4.69, 9.17) is 14.2 Å². The average molecular weight is 589 g/mol. The number of hydrogen-bond acceptors (Lipinski definition) is 7. The van der Waals surface area contributed by atoms with Gasteiger partial charge >= 0.3 is 5.92 Å². The number of alkyl halides is 5. The summed E-state index contributed by atoms with van der Waals surface area (Å²) in [4.78, 5) is 21.0. The number of halogens is 6. The molecule has 2 saturated heterocycles. The summed E-state index contributed by atoms with van der Waals surface area (Å²) in [5.74, 6) is -6.11. The van der Waals surface area contributed by atoms with Gasteiger partial charge in [-0.3, -0.25) is 4.79 Å². The van der Waals surface area contributed by atoms with E-state index in [1.165, 1.54) is 26.0 Å². The average Bonchev–Trinajstić information content (AvgIpc) is 3.30. The standard InChI is InChI=1S/C27H30F6N4O4/c1-13(15-5-3-6-16(19(15)28)27(32,33)17-7-4-10-39-17)34-22-18(24-40-11-12-41-24)21(35-14(2)36-22)20(29)23(38)37-26(8-9-26)25(30)31/h3,5-6,13,17,20,24-25H,4,7-12H2,1-2H3,(H,37,38)(H,34,35,36)/t13-,17+,20?/m1/s1. The molecule has 2 aliphatic heterocycles. The minimum atomic E-state index is -3.57. The largest absolute Gasteiger partial charge is 0.372 e. The SMILES string of the molecule is Cc1nc(N[C@H](C)c2cccc(C(F)(F)[C@@H]3CCCO3)c2F)c(C2OCCO2)c(C(F)C(=O)NC2(C(F)F)CC2)n1. The van der Waals surface area contributed by atoms with Gasteiger partial charge in [-0.15, -0.1) is 0 Å². The molecule has 224 valence electrons. The Morgan fingerprint density at radius 3 is 2.41 bits per heavy atom. The predicted octanol–water partition coefficient (Wildman–Crippen LogP) is 5.34. The van der Waals surface area contributed by atoms with Gasteiger partial charge in [0.25, 0.3) is 12.3 Å². The lowest BCUT2D eigenvalue weighted by Gasteiger charge is -2.26. The summed E-state index contributed by atoms with van der Waals surface area (Å²) < 4.78 is 104. The summed E-state index contributed by atoms with van der Waals surface area (Å²) in [5, 5.41) is 4.98. The molecule has 1 aromatic heterocycles. The number of aryl methyl sites for hydroxylation is 1. The fourth-order valence-electron chi connectivity index (χ4n) is 5.09. The van der Waals surface area contributed by atoms with Crippen molar-refractivity contribution in [3.8, 4) is 0 Å². The first-order chi connectivity index (χ1) is 19.4. The van der Waals surface area contributed by atoms with E-state index in [1.807, 2.05) is 0 Å². The van der Waals surface area contributed by atoms with E-state index in [0.717, 1.165) is 6.07 Å². The van der Waals surface area contributed by atoms with Crippen molar-refractivity contribution in [3.05, 3.63) is 52.2 Å². The van der Waals surface area contributed by atoms with Crippen LogP contribution in [0.25, 0.3) is 0 Å². The molecule has 8 nitrogen and oxygen atoms in total. The molecular weight excluding hydrogens is 558 g/mol. The molecule has 5 rings (SSSR count). The number of nitrogens with one attached hydrogen (secondary N) is 2. The van der Waals surface area contributed by atoms with Crippen molar-refractivity contribution in [1.29, 1.82) is 0 Å². The van der Waals surface area contributed by atoms with Gasteiger partial charge in [-0.05, 0) is 45.6 Å². The van der Waals surface area contributed by atoms with Crippen molar-refractivity contribution >= 4 is 11.7 Å². The molecule has 3 fully saturated rings. The van der Waals surface area contributed by atoms with E-state index in [-0.39, 0.29) is 61.9 Å². The Labute approximate surface area is 232 Å². The number of amides is 1. The molecule has 1 unspecified atom stereocenters. The van der Waals surface area contributed by atoms with Crippen LogP contribution in [0, 0.1) is 12.7 Å². The number of benzene rings is 1. The fourth-order valence-corrected chi connectivity index (χ4v) is 5.09. The van der Waals surface area contributed by atoms with Crippen molar-refractivity contribution in [1.82, 2.24) is 15.3 Å². The second-order valence-corrected chi connectivity index (χ2v) is 10.5. The zero-order chi connectivity index (χ0) is 29.5. The molecule has 1 aliphatic carbocycles. The number of carbonyl (C=O) groups excluding carboxylic acids is 1. The summed E-state index contributed by atoms with van der Waals surface area (Å²) >= 11 is 0. The maximum absolute atomic E-state index is 15.6. The highest BCUT2D eigenvalue weighted by atomic mass is 19.3. The number of aromatic nitrogens is 2. The molecule has 41 heavy (non-hydrogen) atoms. The van der Waals surface area contributed by atoms with Gasteiger partial charge in [0, 0.05) is 12.2 Å². The second kappa shape index (κ2) is 11.4. The van der Waals surface area contributed by atoms with Crippen molar-refractivity contribution < 1.29 is 45.3 Å². The summed E-state index contributed by atoms with van der Waals surface area (Å²) in [6.45, 7) is 3.32. The summed E-state index contributed by atoms with van der Waals surface area (Å²) in [6, 6.07) is 2.64. The Hall–Kier alpha value is -2.97. The third kappa shape index (κ3) is 5.73. The molecule has 1 amide bonds. The number of anilines is 1. The van der Waals surface area contributed by atoms with Crippen LogP contribution in [0.5, 0.6) is 0 Å². The maximum Gasteiger partial charge on any atom is 0.301 e. The first-order valence-electron chi connectivity index (χ1n) is 13.4. The lowest BCUT2D eigenvalue weighted by atomic mass is 9.96. The Morgan fingerprint density at radius 1 is 1.10 bits per heavy atom. The molecule has 2 aromatic rings. The van der Waals surface area contributed by atoms with Crippen LogP contribution >= 0.6 is 0 Å². The number of nitrogens with zero attached hydrogens (tertiary/aromatic N) is 2. The highest BCUT2D eigenvalue weighted by molar-refractivity contribution is 5.83. The van der Waals surface area contributed by atoms with Gasteiger partial charge in [0.15, 0.2) is 6.29 Å². The zero-order valence-electron chi connectivity index (χ0n) is 22.4. The topological polar surface area (TPSA) is 94.6 Å². The third-order valence-electron chi connectivity index (χ3n) is 7.53. The zero-order valence-corrected chi connectivity index (χ0v) is 22.4. The van der Waals surface area contributed by atoms with Crippen molar-refractivity contribution in [3.63, 3.8) is 0 Å². The van der Waals surface area contributed by atoms with Crippen LogP contribution in [-0.2, 0) is 24.9 Å². The van der Waals surface area contributed by atoms with Crippen LogP contribution in [0.15, 0.2) is 18.2 Å². The number of rotatable bonds is 10. The fraction of sp³-hybridized carbons (Fsp3) is 0.593. The van der Waals surface area contributed by atoms with E-state index < -0.39 is 65.5 Å². The monoisotopic (exact) mass is 588 g/mol. The Kier molecular flexibility index (Phi) is 8.18. The van der Waals surface area contributed by atoms with Gasteiger partial charge in [-0.2, -0.15) is 8.78 Å². The molecule has 2 N–H and O–H groups in total. The Balaban J connectivity index is 1.47. The van der Waals surface area contributed by atoms with Crippen LogP contribution in [0.3, 0.4) is 0 Å². The number of carbonyl (C=O) groups is 1. The minimum absolute atomic E-state index is 0.000954. The van der Waals surface area contributed by atoms with Gasteiger partial charge in [0.05, 0.1) is 36.1 Å². The van der Waals surface area contributed by atoms with Gasteiger partial charge in [0.1, 0.15) is 29.1 Å². The third-order valence-corrected chi connectivity index (χ3v) is 7.53. The highest BCUT2D eigenvalue weighted by Crippen LogP contribution is 2.43. The maximum atomic E-state index is 15.6. The van der Waals surface area contributed by atoms with E-state index in [1.54, 1.807) is 0 Å². The minimum Gasteiger partial charge on any atom is -0.372 e. The molecule has 1 saturated carbocycles. The highest BCUT2D eigenvalue weighted by Gasteiger charge is 2.53. The van der Waals surface area contributed by atoms with Crippen molar-refractivity contribution in [2.24, 2.45) is 0 Å². The van der Waals surface area contributed by atoms with Gasteiger partial charge < -0.3 is 24.8 Å². The number of ether oxygens (including phenoxy) is 3. The molecule has 0 bridgehead atoms. The smallest absolute Gasteiger partial charge is 0.301 e. The molecule has 3 heterocycles. The molecule has 14 heteroatoms. The Morgan fingerprint density at radius 2 is 1.80 bits per heavy atom. The Bertz CT molecular complexity index is 1280. The quantitative estimate of drug-likeness (QED) is 0.362. The first-order valence-corrected chi connectivity index (χ1v) is 13.4. The van der Waals surface area contributed by atoms with Crippen LogP contribution < -0.4 is 10.6 Å². The van der Waals surface area contributed by atoms with Gasteiger partial charge in [-0.25, -0.2) is 27.5 Å². The molecule has 0 radical (unpaired) electrons. The normalized spacial score (nSPS) is 22.1. The van der Waals surface area contributed by atoms with E-state index in [0.29, 0.717) is 6.42 Å². The second-order valence-electron chi connectivity index (χ2n) is 10.5. The first kappa shape index (κ1) is 29.5. The lowest BCUT2D eigenvalue weighted by Crippen LogP contribution is -2.44. The lowest BCUT2D eigenvalue weighted by molar-refractivity contribution is -0.129. The van der Waals surface area contributed by atoms with E-state index >= 15 is 17.6 Å². The summed E-state index contributed by atoms with van der Waals surface area (Å²) in [7, 11) is 0. The summed E-state index contributed by atoms with van der Waals surface area (Å²) in [6.07, 6.45) is -7.48. The van der Waals surface area contributed by atoms with Crippen molar-refractivity contribution in [2.45, 2.75) is 82.0 Å². The van der Waals surface area contributed by atoms with Gasteiger partial charge in [-0.1, -0.05) is 12.1 Å².